The molecular weight excluding hydrogens is 425 g/mol. The van der Waals surface area contributed by atoms with Crippen molar-refractivity contribution in [3.63, 3.8) is 0 Å². The topological polar surface area (TPSA) is 49.0 Å². The molecule has 170 valence electrons. The number of hydrogen-bond acceptors (Lipinski definition) is 5. The summed E-state index contributed by atoms with van der Waals surface area (Å²) in [5.74, 6) is 1.72. The molecule has 0 bridgehead atoms. The summed E-state index contributed by atoms with van der Waals surface area (Å²) in [5.41, 5.74) is 4.74. The van der Waals surface area contributed by atoms with Gasteiger partial charge in [0.05, 0.1) is 18.8 Å². The maximum absolute atomic E-state index is 6.04. The van der Waals surface area contributed by atoms with Gasteiger partial charge in [0.15, 0.2) is 0 Å². The Labute approximate surface area is 191 Å². The van der Waals surface area contributed by atoms with Crippen molar-refractivity contribution in [3.8, 4) is 11.5 Å². The predicted octanol–water partition coefficient (Wildman–Crippen LogP) is 6.26. The first kappa shape index (κ1) is 26.6. The second-order valence-electron chi connectivity index (χ2n) is 7.75. The Morgan fingerprint density at radius 3 is 2.47 bits per heavy atom. The fraction of sp³-hybridized carbons (Fsp3) is 0.565. The van der Waals surface area contributed by atoms with Crippen LogP contribution in [0.5, 0.6) is 11.5 Å². The van der Waals surface area contributed by atoms with Crippen LogP contribution >= 0.6 is 23.2 Å². The Kier molecular flexibility index (Phi) is 12.9. The molecule has 1 N–H and O–H groups in total. The van der Waals surface area contributed by atoms with Crippen molar-refractivity contribution in [1.82, 2.24) is 5.48 Å². The smallest absolute Gasteiger partial charge is 0.125 e. The average Bonchev–Trinajstić information content (AvgIpc) is 2.65. The zero-order chi connectivity index (χ0) is 22.4. The lowest BCUT2D eigenvalue weighted by molar-refractivity contribution is -0.0524. The van der Waals surface area contributed by atoms with E-state index in [1.165, 1.54) is 0 Å². The van der Waals surface area contributed by atoms with Crippen molar-refractivity contribution >= 4 is 23.2 Å². The first-order valence-electron chi connectivity index (χ1n) is 10.3. The number of rotatable bonds is 14. The molecular formula is C23H35Cl2NO4. The second kappa shape index (κ2) is 14.6. The van der Waals surface area contributed by atoms with E-state index in [1.54, 1.807) is 12.3 Å². The molecule has 0 aliphatic heterocycles. The van der Waals surface area contributed by atoms with Crippen LogP contribution in [0.25, 0.3) is 0 Å². The van der Waals surface area contributed by atoms with Gasteiger partial charge in [-0.3, -0.25) is 10.3 Å². The summed E-state index contributed by atoms with van der Waals surface area (Å²) in [4.78, 5) is 5.37. The average molecular weight is 460 g/mol. The maximum atomic E-state index is 6.04. The van der Waals surface area contributed by atoms with Crippen LogP contribution in [0.3, 0.4) is 0 Å². The molecule has 0 radical (unpaired) electrons. The van der Waals surface area contributed by atoms with Crippen LogP contribution < -0.4 is 15.0 Å². The van der Waals surface area contributed by atoms with Gasteiger partial charge in [0.1, 0.15) is 22.6 Å². The standard InChI is InChI=1S/C23H35Cl2NO4/c1-6-19-17-20(28-15-10-21(24)25)16-18(2)22(19)29-14-8-7-12-27-13-9-11-26-30-23(3,4)5/h9-11,16-17,26H,6-8,12-15H2,1-5H3. The van der Waals surface area contributed by atoms with E-state index in [1.807, 2.05) is 45.9 Å². The van der Waals surface area contributed by atoms with Crippen molar-refractivity contribution < 1.29 is 19.0 Å². The molecule has 0 fully saturated rings. The number of benzene rings is 1. The summed E-state index contributed by atoms with van der Waals surface area (Å²) >= 11 is 11.2. The van der Waals surface area contributed by atoms with E-state index >= 15 is 0 Å². The van der Waals surface area contributed by atoms with Gasteiger partial charge in [-0.05, 0) is 82.4 Å². The zero-order valence-electron chi connectivity index (χ0n) is 18.7. The van der Waals surface area contributed by atoms with E-state index in [2.05, 4.69) is 12.4 Å². The Hall–Kier alpha value is -1.40. The van der Waals surface area contributed by atoms with Crippen LogP contribution in [0, 0.1) is 6.92 Å². The van der Waals surface area contributed by atoms with Gasteiger partial charge in [0, 0.05) is 12.8 Å². The molecule has 1 rings (SSSR count). The largest absolute Gasteiger partial charge is 0.493 e. The lowest BCUT2D eigenvalue weighted by atomic mass is 10.1. The second-order valence-corrected chi connectivity index (χ2v) is 8.76. The Bertz CT molecular complexity index is 681. The predicted molar refractivity (Wildman–Crippen MR) is 125 cm³/mol. The first-order chi connectivity index (χ1) is 14.2. The van der Waals surface area contributed by atoms with Gasteiger partial charge < -0.3 is 14.2 Å². The van der Waals surface area contributed by atoms with Crippen molar-refractivity contribution in [3.05, 3.63) is 46.1 Å². The van der Waals surface area contributed by atoms with E-state index in [0.29, 0.717) is 26.4 Å². The van der Waals surface area contributed by atoms with Crippen LogP contribution in [0.4, 0.5) is 0 Å². The van der Waals surface area contributed by atoms with Crippen molar-refractivity contribution in [2.75, 3.05) is 26.4 Å². The van der Waals surface area contributed by atoms with Gasteiger partial charge in [-0.15, -0.1) is 0 Å². The van der Waals surface area contributed by atoms with Gasteiger partial charge in [-0.25, -0.2) is 0 Å². The summed E-state index contributed by atoms with van der Waals surface area (Å²) in [6, 6.07) is 3.97. The van der Waals surface area contributed by atoms with E-state index in [9.17, 15) is 0 Å². The SMILES string of the molecule is CCc1cc(OCC=C(Cl)Cl)cc(C)c1OCCCCOCC=CNOC(C)(C)C. The molecule has 1 aromatic rings. The summed E-state index contributed by atoms with van der Waals surface area (Å²) < 4.78 is 17.5. The summed E-state index contributed by atoms with van der Waals surface area (Å²) in [7, 11) is 0. The van der Waals surface area contributed by atoms with Gasteiger partial charge >= 0.3 is 0 Å². The zero-order valence-corrected chi connectivity index (χ0v) is 20.2. The summed E-state index contributed by atoms with van der Waals surface area (Å²) in [6.07, 6.45) is 7.98. The number of halogens is 2. The summed E-state index contributed by atoms with van der Waals surface area (Å²) in [5, 5.41) is 0. The van der Waals surface area contributed by atoms with Crippen molar-refractivity contribution in [1.29, 1.82) is 0 Å². The molecule has 5 nitrogen and oxygen atoms in total. The molecule has 0 saturated heterocycles. The fourth-order valence-corrected chi connectivity index (χ4v) is 2.63. The Morgan fingerprint density at radius 2 is 1.80 bits per heavy atom. The van der Waals surface area contributed by atoms with Gasteiger partial charge in [0.2, 0.25) is 0 Å². The van der Waals surface area contributed by atoms with Gasteiger partial charge in [0.25, 0.3) is 0 Å². The molecule has 1 aromatic carbocycles. The molecule has 0 atom stereocenters. The van der Waals surface area contributed by atoms with Crippen LogP contribution in [-0.4, -0.2) is 32.0 Å². The molecule has 30 heavy (non-hydrogen) atoms. The minimum Gasteiger partial charge on any atom is -0.493 e. The number of aryl methyl sites for hydroxylation is 2. The van der Waals surface area contributed by atoms with Gasteiger partial charge in [-0.2, -0.15) is 0 Å². The highest BCUT2D eigenvalue weighted by Gasteiger charge is 2.10. The maximum Gasteiger partial charge on any atom is 0.125 e. The monoisotopic (exact) mass is 459 g/mol. The molecule has 0 heterocycles. The van der Waals surface area contributed by atoms with Crippen LogP contribution in [0.15, 0.2) is 35.0 Å². The molecule has 0 aliphatic carbocycles. The summed E-state index contributed by atoms with van der Waals surface area (Å²) in [6.45, 7) is 12.3. The van der Waals surface area contributed by atoms with E-state index in [4.69, 9.17) is 42.3 Å². The minimum atomic E-state index is -0.218. The van der Waals surface area contributed by atoms with E-state index < -0.39 is 0 Å². The quantitative estimate of drug-likeness (QED) is 0.262. The Balaban J connectivity index is 2.29. The molecule has 7 heteroatoms. The highest BCUT2D eigenvalue weighted by Crippen LogP contribution is 2.30. The third-order valence-electron chi connectivity index (χ3n) is 3.89. The number of unbranched alkanes of at least 4 members (excludes halogenated alkanes) is 1. The normalized spacial score (nSPS) is 11.6. The van der Waals surface area contributed by atoms with E-state index in [-0.39, 0.29) is 10.1 Å². The van der Waals surface area contributed by atoms with E-state index in [0.717, 1.165) is 41.9 Å². The molecule has 0 amide bonds. The van der Waals surface area contributed by atoms with Gasteiger partial charge in [-0.1, -0.05) is 30.1 Å². The highest BCUT2D eigenvalue weighted by atomic mass is 35.5. The molecule has 0 aromatic heterocycles. The van der Waals surface area contributed by atoms with Crippen molar-refractivity contribution in [2.45, 2.75) is 59.5 Å². The number of hydrogen-bond donors (Lipinski definition) is 1. The lowest BCUT2D eigenvalue weighted by Gasteiger charge is -2.17. The van der Waals surface area contributed by atoms with Crippen LogP contribution in [0.2, 0.25) is 0 Å². The number of hydroxylamine groups is 1. The van der Waals surface area contributed by atoms with Crippen molar-refractivity contribution in [2.24, 2.45) is 0 Å². The third kappa shape index (κ3) is 12.3. The molecule has 0 saturated carbocycles. The van der Waals surface area contributed by atoms with Crippen LogP contribution in [-0.2, 0) is 16.0 Å². The Morgan fingerprint density at radius 1 is 1.07 bits per heavy atom. The minimum absolute atomic E-state index is 0.202. The number of ether oxygens (including phenoxy) is 3. The highest BCUT2D eigenvalue weighted by molar-refractivity contribution is 6.55. The molecule has 0 spiro atoms. The lowest BCUT2D eigenvalue weighted by Crippen LogP contribution is -2.25. The molecule has 0 unspecified atom stereocenters. The number of nitrogens with one attached hydrogen (secondary N) is 1. The fourth-order valence-electron chi connectivity index (χ4n) is 2.50. The third-order valence-corrected chi connectivity index (χ3v) is 4.20. The first-order valence-corrected chi connectivity index (χ1v) is 11.0. The molecule has 0 aliphatic rings. The van der Waals surface area contributed by atoms with Crippen LogP contribution in [0.1, 0.15) is 51.7 Å².